The van der Waals surface area contributed by atoms with Crippen LogP contribution in [-0.2, 0) is 11.2 Å². The predicted octanol–water partition coefficient (Wildman–Crippen LogP) is 2.89. The molecule has 0 amide bonds. The molecule has 0 radical (unpaired) electrons. The van der Waals surface area contributed by atoms with Crippen molar-refractivity contribution in [3.05, 3.63) is 33.3 Å². The molecular weight excluding hydrogens is 284 g/mol. The second kappa shape index (κ2) is 5.03. The Morgan fingerprint density at radius 2 is 2.19 bits per heavy atom. The summed E-state index contributed by atoms with van der Waals surface area (Å²) >= 11 is 2.91. The summed E-state index contributed by atoms with van der Waals surface area (Å²) < 4.78 is 25.2. The summed E-state index contributed by atoms with van der Waals surface area (Å²) in [5.41, 5.74) is -0.308. The van der Waals surface area contributed by atoms with E-state index >= 15 is 0 Å². The quantitative estimate of drug-likeness (QED) is 0.931. The minimum absolute atomic E-state index is 0.0535. The Labute approximate surface area is 98.4 Å². The van der Waals surface area contributed by atoms with E-state index in [0.717, 1.165) is 0 Å². The van der Waals surface area contributed by atoms with E-state index in [4.69, 9.17) is 10.4 Å². The van der Waals surface area contributed by atoms with Crippen LogP contribution in [0.15, 0.2) is 16.6 Å². The normalized spacial score (nSPS) is 10.2. The molecule has 0 heterocycles. The van der Waals surface area contributed by atoms with Crippen molar-refractivity contribution in [1.29, 1.82) is 5.26 Å². The highest BCUT2D eigenvalue weighted by atomic mass is 79.9. The highest BCUT2D eigenvalue weighted by molar-refractivity contribution is 9.10. The molecule has 3 nitrogen and oxygen atoms in total. The summed E-state index contributed by atoms with van der Waals surface area (Å²) in [5.74, 6) is -1.08. The Kier molecular flexibility index (Phi) is 3.96. The molecule has 0 bridgehead atoms. The molecule has 0 saturated heterocycles. The number of hydrogen-bond donors (Lipinski definition) is 1. The SMILES string of the molecule is N#Cc1cc(CC(=O)O)cc(Br)c1C(F)F. The Morgan fingerprint density at radius 3 is 2.62 bits per heavy atom. The van der Waals surface area contributed by atoms with E-state index in [9.17, 15) is 13.6 Å². The lowest BCUT2D eigenvalue weighted by Crippen LogP contribution is -2.02. The summed E-state index contributed by atoms with van der Waals surface area (Å²) in [7, 11) is 0. The number of nitriles is 1. The molecule has 0 fully saturated rings. The van der Waals surface area contributed by atoms with E-state index in [1.807, 2.05) is 0 Å². The first-order valence-electron chi connectivity index (χ1n) is 4.18. The van der Waals surface area contributed by atoms with E-state index in [1.54, 1.807) is 6.07 Å². The highest BCUT2D eigenvalue weighted by Crippen LogP contribution is 2.31. The zero-order chi connectivity index (χ0) is 12.3. The summed E-state index contributed by atoms with van der Waals surface area (Å²) in [5, 5.41) is 17.3. The van der Waals surface area contributed by atoms with Gasteiger partial charge in [-0.05, 0) is 17.7 Å². The van der Waals surface area contributed by atoms with Crippen molar-refractivity contribution in [2.24, 2.45) is 0 Å². The van der Waals surface area contributed by atoms with Crippen LogP contribution in [0.3, 0.4) is 0 Å². The first kappa shape index (κ1) is 12.6. The molecule has 0 atom stereocenters. The van der Waals surface area contributed by atoms with Crippen molar-refractivity contribution in [3.8, 4) is 6.07 Å². The van der Waals surface area contributed by atoms with Crippen molar-refractivity contribution in [3.63, 3.8) is 0 Å². The number of benzene rings is 1. The third kappa shape index (κ3) is 2.76. The number of aliphatic carboxylic acids is 1. The van der Waals surface area contributed by atoms with Gasteiger partial charge in [-0.15, -0.1) is 0 Å². The molecule has 0 saturated carbocycles. The molecule has 1 N–H and O–H groups in total. The van der Waals surface area contributed by atoms with Gasteiger partial charge < -0.3 is 5.11 Å². The van der Waals surface area contributed by atoms with Crippen LogP contribution in [0.1, 0.15) is 23.1 Å². The van der Waals surface area contributed by atoms with Crippen LogP contribution in [-0.4, -0.2) is 11.1 Å². The van der Waals surface area contributed by atoms with Crippen LogP contribution in [0, 0.1) is 11.3 Å². The molecule has 0 aliphatic rings. The van der Waals surface area contributed by atoms with Crippen LogP contribution in [0.5, 0.6) is 0 Å². The average molecular weight is 290 g/mol. The molecule has 6 heteroatoms. The molecule has 16 heavy (non-hydrogen) atoms. The maximum Gasteiger partial charge on any atom is 0.307 e. The molecule has 0 aromatic heterocycles. The van der Waals surface area contributed by atoms with Gasteiger partial charge in [0.2, 0.25) is 0 Å². The standard InChI is InChI=1S/C10H6BrF2NO2/c11-7-2-5(3-8(15)16)1-6(4-14)9(7)10(12)13/h1-2,10H,3H2,(H,15,16). The zero-order valence-corrected chi connectivity index (χ0v) is 9.46. The van der Waals surface area contributed by atoms with Crippen LogP contribution >= 0.6 is 15.9 Å². The van der Waals surface area contributed by atoms with Gasteiger partial charge in [-0.25, -0.2) is 8.78 Å². The van der Waals surface area contributed by atoms with Gasteiger partial charge >= 0.3 is 5.97 Å². The van der Waals surface area contributed by atoms with E-state index in [-0.39, 0.29) is 16.5 Å². The molecule has 1 aromatic carbocycles. The van der Waals surface area contributed by atoms with Gasteiger partial charge in [0.05, 0.1) is 18.1 Å². The lowest BCUT2D eigenvalue weighted by Gasteiger charge is -2.08. The molecule has 1 aromatic rings. The smallest absolute Gasteiger partial charge is 0.307 e. The number of hydrogen-bond acceptors (Lipinski definition) is 2. The molecular formula is C10H6BrF2NO2. The molecule has 0 aliphatic carbocycles. The topological polar surface area (TPSA) is 61.1 Å². The third-order valence-electron chi connectivity index (χ3n) is 1.88. The lowest BCUT2D eigenvalue weighted by atomic mass is 10.0. The summed E-state index contributed by atoms with van der Waals surface area (Å²) in [6.07, 6.45) is -3.08. The minimum Gasteiger partial charge on any atom is -0.481 e. The third-order valence-corrected chi connectivity index (χ3v) is 2.54. The van der Waals surface area contributed by atoms with Crippen molar-refractivity contribution < 1.29 is 18.7 Å². The number of carboxylic acids is 1. The summed E-state index contributed by atoms with van der Waals surface area (Å²) in [6, 6.07) is 4.08. The van der Waals surface area contributed by atoms with Crippen molar-refractivity contribution in [1.82, 2.24) is 0 Å². The van der Waals surface area contributed by atoms with Crippen LogP contribution < -0.4 is 0 Å². The number of rotatable bonds is 3. The molecule has 84 valence electrons. The van der Waals surface area contributed by atoms with Crippen LogP contribution in [0.4, 0.5) is 8.78 Å². The fraction of sp³-hybridized carbons (Fsp3) is 0.200. The van der Waals surface area contributed by atoms with Gasteiger partial charge in [-0.1, -0.05) is 15.9 Å². The van der Waals surface area contributed by atoms with Crippen molar-refractivity contribution in [2.45, 2.75) is 12.8 Å². The monoisotopic (exact) mass is 289 g/mol. The highest BCUT2D eigenvalue weighted by Gasteiger charge is 2.18. The van der Waals surface area contributed by atoms with Crippen LogP contribution in [0.25, 0.3) is 0 Å². The number of halogens is 3. The molecule has 0 aliphatic heterocycles. The van der Waals surface area contributed by atoms with E-state index in [1.165, 1.54) is 12.1 Å². The van der Waals surface area contributed by atoms with Gasteiger partial charge in [0.25, 0.3) is 6.43 Å². The first-order chi connectivity index (χ1) is 7.45. The average Bonchev–Trinajstić information content (AvgIpc) is 2.14. The second-order valence-electron chi connectivity index (χ2n) is 3.02. The fourth-order valence-corrected chi connectivity index (χ4v) is 1.95. The summed E-state index contributed by atoms with van der Waals surface area (Å²) in [4.78, 5) is 10.5. The Morgan fingerprint density at radius 1 is 1.56 bits per heavy atom. The molecule has 1 rings (SSSR count). The second-order valence-corrected chi connectivity index (χ2v) is 3.88. The molecule has 0 spiro atoms. The lowest BCUT2D eigenvalue weighted by molar-refractivity contribution is -0.136. The number of carboxylic acid groups (broad SMARTS) is 1. The van der Waals surface area contributed by atoms with E-state index in [0.29, 0.717) is 5.56 Å². The number of alkyl halides is 2. The van der Waals surface area contributed by atoms with Gasteiger partial charge in [0, 0.05) is 10.0 Å². The van der Waals surface area contributed by atoms with Crippen LogP contribution in [0.2, 0.25) is 0 Å². The van der Waals surface area contributed by atoms with E-state index < -0.39 is 18.0 Å². The number of carbonyl (C=O) groups is 1. The van der Waals surface area contributed by atoms with Gasteiger partial charge in [-0.2, -0.15) is 5.26 Å². The van der Waals surface area contributed by atoms with Gasteiger partial charge in [0.1, 0.15) is 0 Å². The van der Waals surface area contributed by atoms with Gasteiger partial charge in [-0.3, -0.25) is 4.79 Å². The van der Waals surface area contributed by atoms with Gasteiger partial charge in [0.15, 0.2) is 0 Å². The largest absolute Gasteiger partial charge is 0.481 e. The minimum atomic E-state index is -2.78. The maximum atomic E-state index is 12.6. The molecule has 0 unspecified atom stereocenters. The van der Waals surface area contributed by atoms with E-state index in [2.05, 4.69) is 15.9 Å². The Balaban J connectivity index is 3.28. The predicted molar refractivity (Wildman–Crippen MR) is 55.2 cm³/mol. The summed E-state index contributed by atoms with van der Waals surface area (Å²) in [6.45, 7) is 0. The maximum absolute atomic E-state index is 12.6. The van der Waals surface area contributed by atoms with Crippen molar-refractivity contribution >= 4 is 21.9 Å². The zero-order valence-electron chi connectivity index (χ0n) is 7.88. The number of nitrogens with zero attached hydrogens (tertiary/aromatic N) is 1. The Hall–Kier alpha value is -1.48. The van der Waals surface area contributed by atoms with Crippen molar-refractivity contribution in [2.75, 3.05) is 0 Å². The first-order valence-corrected chi connectivity index (χ1v) is 4.97. The Bertz CT molecular complexity index is 469. The fourth-order valence-electron chi connectivity index (χ4n) is 1.26.